The van der Waals surface area contributed by atoms with E-state index >= 15 is 0 Å². The summed E-state index contributed by atoms with van der Waals surface area (Å²) >= 11 is 0. The molecule has 3 nitrogen and oxygen atoms in total. The first-order valence-corrected chi connectivity index (χ1v) is 5.39. The van der Waals surface area contributed by atoms with Crippen LogP contribution in [0.4, 0.5) is 0 Å². The number of halogens is 1. The van der Waals surface area contributed by atoms with Crippen molar-refractivity contribution in [2.45, 2.75) is 19.0 Å². The molecule has 0 bridgehead atoms. The van der Waals surface area contributed by atoms with Crippen molar-refractivity contribution in [1.82, 2.24) is 4.90 Å². The second kappa shape index (κ2) is 6.09. The third kappa shape index (κ3) is 3.37. The molecule has 1 atom stereocenters. The van der Waals surface area contributed by atoms with E-state index in [1.807, 2.05) is 12.1 Å². The Labute approximate surface area is 103 Å². The maximum absolute atomic E-state index is 5.87. The van der Waals surface area contributed by atoms with Gasteiger partial charge in [0.05, 0.1) is 7.11 Å². The lowest BCUT2D eigenvalue weighted by molar-refractivity contribution is 0.326. The predicted molar refractivity (Wildman–Crippen MR) is 68.1 cm³/mol. The Hall–Kier alpha value is -0.770. The van der Waals surface area contributed by atoms with Crippen molar-refractivity contribution >= 4 is 12.4 Å². The highest BCUT2D eigenvalue weighted by molar-refractivity contribution is 5.85. The van der Waals surface area contributed by atoms with Gasteiger partial charge in [-0.2, -0.15) is 0 Å². The minimum atomic E-state index is 0. The molecular formula is C12H19ClN2O. The number of nitrogens with zero attached hydrogens (tertiary/aromatic N) is 1. The van der Waals surface area contributed by atoms with Crippen molar-refractivity contribution in [2.24, 2.45) is 5.73 Å². The standard InChI is InChI=1S/C12H18N2O.ClH/c1-15-12-4-2-3-10(7-12)8-14-6-5-11(13)9-14;/h2-4,7,11H,5-6,8-9,13H2,1H3;1H. The fraction of sp³-hybridized carbons (Fsp3) is 0.500. The largest absolute Gasteiger partial charge is 0.497 e. The van der Waals surface area contributed by atoms with Crippen LogP contribution in [0.2, 0.25) is 0 Å². The van der Waals surface area contributed by atoms with E-state index < -0.39 is 0 Å². The first kappa shape index (κ1) is 13.3. The third-order valence-electron chi connectivity index (χ3n) is 2.85. The van der Waals surface area contributed by atoms with E-state index in [2.05, 4.69) is 17.0 Å². The van der Waals surface area contributed by atoms with Crippen LogP contribution in [0, 0.1) is 0 Å². The molecule has 16 heavy (non-hydrogen) atoms. The maximum Gasteiger partial charge on any atom is 0.119 e. The van der Waals surface area contributed by atoms with Crippen LogP contribution >= 0.6 is 12.4 Å². The molecule has 0 spiro atoms. The molecule has 0 aliphatic carbocycles. The second-order valence-corrected chi connectivity index (χ2v) is 4.14. The molecule has 1 unspecified atom stereocenters. The summed E-state index contributed by atoms with van der Waals surface area (Å²) in [4.78, 5) is 2.39. The molecular weight excluding hydrogens is 224 g/mol. The lowest BCUT2D eigenvalue weighted by atomic mass is 10.2. The fourth-order valence-electron chi connectivity index (χ4n) is 2.04. The van der Waals surface area contributed by atoms with Crippen molar-refractivity contribution in [1.29, 1.82) is 0 Å². The van der Waals surface area contributed by atoms with Crippen LogP contribution in [0.15, 0.2) is 24.3 Å². The first-order valence-electron chi connectivity index (χ1n) is 5.39. The van der Waals surface area contributed by atoms with Gasteiger partial charge in [0.15, 0.2) is 0 Å². The fourth-order valence-corrected chi connectivity index (χ4v) is 2.04. The molecule has 0 radical (unpaired) electrons. The smallest absolute Gasteiger partial charge is 0.119 e. The van der Waals surface area contributed by atoms with E-state index in [0.29, 0.717) is 6.04 Å². The molecule has 2 rings (SSSR count). The zero-order valence-electron chi connectivity index (χ0n) is 9.56. The van der Waals surface area contributed by atoms with Crippen molar-refractivity contribution in [3.05, 3.63) is 29.8 Å². The molecule has 1 fully saturated rings. The van der Waals surface area contributed by atoms with Crippen LogP contribution in [-0.2, 0) is 6.54 Å². The highest BCUT2D eigenvalue weighted by atomic mass is 35.5. The monoisotopic (exact) mass is 242 g/mol. The lowest BCUT2D eigenvalue weighted by Gasteiger charge is -2.15. The topological polar surface area (TPSA) is 38.5 Å². The number of nitrogens with two attached hydrogens (primary N) is 1. The van der Waals surface area contributed by atoms with Gasteiger partial charge < -0.3 is 10.5 Å². The van der Waals surface area contributed by atoms with Gasteiger partial charge in [-0.15, -0.1) is 12.4 Å². The van der Waals surface area contributed by atoms with Gasteiger partial charge in [-0.05, 0) is 24.1 Å². The SMILES string of the molecule is COc1cccc(CN2CCC(N)C2)c1.Cl. The van der Waals surface area contributed by atoms with Crippen LogP contribution in [0.5, 0.6) is 5.75 Å². The van der Waals surface area contributed by atoms with Crippen LogP contribution in [0.3, 0.4) is 0 Å². The van der Waals surface area contributed by atoms with E-state index in [9.17, 15) is 0 Å². The highest BCUT2D eigenvalue weighted by Crippen LogP contribution is 2.16. The predicted octanol–water partition coefficient (Wildman–Crippen LogP) is 1.65. The molecule has 0 amide bonds. The quantitative estimate of drug-likeness (QED) is 0.876. The molecule has 1 saturated heterocycles. The molecule has 1 aliphatic heterocycles. The van der Waals surface area contributed by atoms with E-state index in [0.717, 1.165) is 31.8 Å². The number of ether oxygens (including phenoxy) is 1. The normalized spacial score (nSPS) is 20.5. The summed E-state index contributed by atoms with van der Waals surface area (Å²) in [5.74, 6) is 0.927. The van der Waals surface area contributed by atoms with Crippen molar-refractivity contribution < 1.29 is 4.74 Å². The average molecular weight is 243 g/mol. The molecule has 2 N–H and O–H groups in total. The summed E-state index contributed by atoms with van der Waals surface area (Å²) in [6, 6.07) is 8.58. The van der Waals surface area contributed by atoms with Gasteiger partial charge in [0.1, 0.15) is 5.75 Å². The molecule has 1 aliphatic rings. The van der Waals surface area contributed by atoms with Gasteiger partial charge in [-0.25, -0.2) is 0 Å². The number of hydrogen-bond acceptors (Lipinski definition) is 3. The van der Waals surface area contributed by atoms with E-state index in [4.69, 9.17) is 10.5 Å². The average Bonchev–Trinajstić information content (AvgIpc) is 2.64. The van der Waals surface area contributed by atoms with Gasteiger partial charge in [-0.3, -0.25) is 4.90 Å². The minimum Gasteiger partial charge on any atom is -0.497 e. The van der Waals surface area contributed by atoms with E-state index in [1.54, 1.807) is 7.11 Å². The van der Waals surface area contributed by atoms with Crippen molar-refractivity contribution in [3.8, 4) is 5.75 Å². The summed E-state index contributed by atoms with van der Waals surface area (Å²) in [5, 5.41) is 0. The number of methoxy groups -OCH3 is 1. The van der Waals surface area contributed by atoms with Gasteiger partial charge in [0, 0.05) is 25.7 Å². The van der Waals surface area contributed by atoms with Crippen LogP contribution in [-0.4, -0.2) is 31.1 Å². The Morgan fingerprint density at radius 1 is 1.50 bits per heavy atom. The molecule has 1 aromatic carbocycles. The Morgan fingerprint density at radius 2 is 2.31 bits per heavy atom. The Morgan fingerprint density at radius 3 is 2.94 bits per heavy atom. The molecule has 0 aromatic heterocycles. The lowest BCUT2D eigenvalue weighted by Crippen LogP contribution is -2.26. The molecule has 1 heterocycles. The van der Waals surface area contributed by atoms with Gasteiger partial charge in [0.25, 0.3) is 0 Å². The van der Waals surface area contributed by atoms with Crippen LogP contribution < -0.4 is 10.5 Å². The Balaban J connectivity index is 0.00000128. The minimum absolute atomic E-state index is 0. The molecule has 1 aromatic rings. The molecule has 0 saturated carbocycles. The number of hydrogen-bond donors (Lipinski definition) is 1. The summed E-state index contributed by atoms with van der Waals surface area (Å²) in [5.41, 5.74) is 7.16. The first-order chi connectivity index (χ1) is 7.28. The van der Waals surface area contributed by atoms with E-state index in [1.165, 1.54) is 5.56 Å². The summed E-state index contributed by atoms with van der Waals surface area (Å²) in [6.07, 6.45) is 1.12. The van der Waals surface area contributed by atoms with Crippen LogP contribution in [0.1, 0.15) is 12.0 Å². The zero-order valence-corrected chi connectivity index (χ0v) is 10.4. The Kier molecular flexibility index (Phi) is 5.06. The van der Waals surface area contributed by atoms with E-state index in [-0.39, 0.29) is 12.4 Å². The zero-order chi connectivity index (χ0) is 10.7. The second-order valence-electron chi connectivity index (χ2n) is 4.14. The summed E-state index contributed by atoms with van der Waals surface area (Å²) < 4.78 is 5.20. The van der Waals surface area contributed by atoms with Gasteiger partial charge in [-0.1, -0.05) is 12.1 Å². The molecule has 4 heteroatoms. The van der Waals surface area contributed by atoms with Gasteiger partial charge >= 0.3 is 0 Å². The van der Waals surface area contributed by atoms with Crippen molar-refractivity contribution in [2.75, 3.05) is 20.2 Å². The van der Waals surface area contributed by atoms with Crippen LogP contribution in [0.25, 0.3) is 0 Å². The third-order valence-corrected chi connectivity index (χ3v) is 2.85. The summed E-state index contributed by atoms with van der Waals surface area (Å²) in [6.45, 7) is 3.10. The molecule has 90 valence electrons. The van der Waals surface area contributed by atoms with Gasteiger partial charge in [0.2, 0.25) is 0 Å². The number of benzene rings is 1. The summed E-state index contributed by atoms with van der Waals surface area (Å²) in [7, 11) is 1.70. The Bertz CT molecular complexity index is 333. The number of rotatable bonds is 3. The number of likely N-dealkylation sites (tertiary alicyclic amines) is 1. The maximum atomic E-state index is 5.87. The van der Waals surface area contributed by atoms with Crippen molar-refractivity contribution in [3.63, 3.8) is 0 Å². The highest BCUT2D eigenvalue weighted by Gasteiger charge is 2.18.